The normalized spacial score (nSPS) is 21.0. The first kappa shape index (κ1) is 23.2. The molecule has 0 radical (unpaired) electrons. The van der Waals surface area contributed by atoms with Crippen LogP contribution in [-0.4, -0.2) is 43.7 Å². The Balaban J connectivity index is 1.55. The molecule has 0 bridgehead atoms. The molecule has 2 N–H and O–H groups in total. The van der Waals surface area contributed by atoms with Crippen molar-refractivity contribution in [1.82, 2.24) is 4.31 Å². The maximum Gasteiger partial charge on any atom is 0.265 e. The van der Waals surface area contributed by atoms with Gasteiger partial charge < -0.3 is 15.4 Å². The van der Waals surface area contributed by atoms with Crippen LogP contribution in [0.2, 0.25) is 0 Å². The first-order valence-electron chi connectivity index (χ1n) is 10.9. The molecule has 1 saturated heterocycles. The molecule has 2 atom stereocenters. The molecule has 176 valence electrons. The van der Waals surface area contributed by atoms with Gasteiger partial charge in [0.25, 0.3) is 5.91 Å². The molecule has 2 amide bonds. The Kier molecular flexibility index (Phi) is 6.40. The van der Waals surface area contributed by atoms with Crippen LogP contribution in [0.1, 0.15) is 31.7 Å². The maximum atomic E-state index is 13.5. The molecular weight excluding hydrogens is 449 g/mol. The number of hydrogen-bond acceptors (Lipinski definition) is 5. The minimum absolute atomic E-state index is 0.0230. The summed E-state index contributed by atoms with van der Waals surface area (Å²) >= 11 is 0. The van der Waals surface area contributed by atoms with Crippen molar-refractivity contribution in [3.05, 3.63) is 47.8 Å². The van der Waals surface area contributed by atoms with Crippen LogP contribution in [0, 0.1) is 18.7 Å². The Morgan fingerprint density at radius 3 is 2.82 bits per heavy atom. The number of halogens is 1. The minimum atomic E-state index is -3.91. The third-order valence-corrected chi connectivity index (χ3v) is 7.94. The van der Waals surface area contributed by atoms with E-state index in [1.807, 2.05) is 6.92 Å². The molecule has 2 aromatic carbocycles. The molecule has 10 heteroatoms. The zero-order valence-electron chi connectivity index (χ0n) is 18.4. The summed E-state index contributed by atoms with van der Waals surface area (Å²) in [6.45, 7) is 3.78. The first-order chi connectivity index (χ1) is 15.7. The second kappa shape index (κ2) is 9.11. The van der Waals surface area contributed by atoms with Gasteiger partial charge in [0, 0.05) is 24.8 Å². The van der Waals surface area contributed by atoms with E-state index in [1.165, 1.54) is 28.6 Å². The molecular formula is C23H26FN3O5S. The van der Waals surface area contributed by atoms with E-state index in [9.17, 15) is 22.4 Å². The van der Waals surface area contributed by atoms with E-state index in [4.69, 9.17) is 4.74 Å². The Morgan fingerprint density at radius 1 is 1.30 bits per heavy atom. The van der Waals surface area contributed by atoms with E-state index in [0.29, 0.717) is 42.0 Å². The Morgan fingerprint density at radius 2 is 2.09 bits per heavy atom. The average molecular weight is 476 g/mol. The molecule has 0 saturated carbocycles. The fourth-order valence-corrected chi connectivity index (χ4v) is 5.90. The standard InChI is InChI=1S/C23H26FN3O5S/c1-3-19-23(29)26-18-10-14(2)21(12-20(18)32-19)33(30,31)27-9-5-6-15(13-27)22(28)25-17-8-4-7-16(24)11-17/h4,7-8,10-12,15,19H,3,5-6,9,13H2,1-2H3,(H,25,28)(H,26,29)/t15-,19+/m0/s1. The predicted molar refractivity (Wildman–Crippen MR) is 121 cm³/mol. The van der Waals surface area contributed by atoms with Gasteiger partial charge in [-0.3, -0.25) is 9.59 Å². The van der Waals surface area contributed by atoms with Gasteiger partial charge in [0.1, 0.15) is 11.6 Å². The second-order valence-corrected chi connectivity index (χ2v) is 10.2. The lowest BCUT2D eigenvalue weighted by Gasteiger charge is -2.32. The van der Waals surface area contributed by atoms with Crippen molar-refractivity contribution >= 4 is 33.2 Å². The molecule has 4 rings (SSSR count). The second-order valence-electron chi connectivity index (χ2n) is 8.32. The van der Waals surface area contributed by atoms with E-state index < -0.39 is 27.9 Å². The molecule has 8 nitrogen and oxygen atoms in total. The highest BCUT2D eigenvalue weighted by Gasteiger charge is 2.36. The highest BCUT2D eigenvalue weighted by molar-refractivity contribution is 7.89. The van der Waals surface area contributed by atoms with Gasteiger partial charge in [-0.1, -0.05) is 13.0 Å². The topological polar surface area (TPSA) is 105 Å². The number of sulfonamides is 1. The number of carbonyl (C=O) groups excluding carboxylic acids is 2. The lowest BCUT2D eigenvalue weighted by Crippen LogP contribution is -2.44. The number of rotatable bonds is 5. The van der Waals surface area contributed by atoms with E-state index in [0.717, 1.165) is 0 Å². The van der Waals surface area contributed by atoms with Gasteiger partial charge in [0.05, 0.1) is 16.5 Å². The van der Waals surface area contributed by atoms with E-state index in [1.54, 1.807) is 19.1 Å². The van der Waals surface area contributed by atoms with Crippen LogP contribution in [0.5, 0.6) is 5.75 Å². The van der Waals surface area contributed by atoms with Gasteiger partial charge in [-0.15, -0.1) is 0 Å². The van der Waals surface area contributed by atoms with Crippen LogP contribution in [0.15, 0.2) is 41.3 Å². The molecule has 2 aliphatic heterocycles. The van der Waals surface area contributed by atoms with Crippen molar-refractivity contribution < 1.29 is 27.1 Å². The average Bonchev–Trinajstić information content (AvgIpc) is 2.78. The Hall–Kier alpha value is -2.98. The number of aryl methyl sites for hydroxylation is 1. The van der Waals surface area contributed by atoms with Gasteiger partial charge in [0.2, 0.25) is 15.9 Å². The Labute approximate surface area is 192 Å². The van der Waals surface area contributed by atoms with Crippen molar-refractivity contribution in [3.8, 4) is 5.75 Å². The van der Waals surface area contributed by atoms with Gasteiger partial charge in [0.15, 0.2) is 6.10 Å². The predicted octanol–water partition coefficient (Wildman–Crippen LogP) is 3.28. The molecule has 2 heterocycles. The molecule has 2 aromatic rings. The van der Waals surface area contributed by atoms with Gasteiger partial charge in [-0.2, -0.15) is 4.31 Å². The van der Waals surface area contributed by atoms with Crippen molar-refractivity contribution in [2.24, 2.45) is 5.92 Å². The number of piperidine rings is 1. The molecule has 2 aliphatic rings. The number of benzene rings is 2. The fraction of sp³-hybridized carbons (Fsp3) is 0.391. The summed E-state index contributed by atoms with van der Waals surface area (Å²) in [6.07, 6.45) is 0.829. The summed E-state index contributed by atoms with van der Waals surface area (Å²) < 4.78 is 47.4. The van der Waals surface area contributed by atoms with E-state index >= 15 is 0 Å². The number of ether oxygens (including phenoxy) is 1. The van der Waals surface area contributed by atoms with Crippen LogP contribution < -0.4 is 15.4 Å². The van der Waals surface area contributed by atoms with Crippen LogP contribution in [0.25, 0.3) is 0 Å². The lowest BCUT2D eigenvalue weighted by atomic mass is 9.99. The van der Waals surface area contributed by atoms with Crippen molar-refractivity contribution in [1.29, 1.82) is 0 Å². The highest BCUT2D eigenvalue weighted by Crippen LogP contribution is 2.36. The highest BCUT2D eigenvalue weighted by atomic mass is 32.2. The van der Waals surface area contributed by atoms with Crippen molar-refractivity contribution in [3.63, 3.8) is 0 Å². The zero-order valence-corrected chi connectivity index (χ0v) is 19.2. The number of amides is 2. The fourth-order valence-electron chi connectivity index (χ4n) is 4.16. The van der Waals surface area contributed by atoms with E-state index in [-0.39, 0.29) is 29.8 Å². The summed E-state index contributed by atoms with van der Waals surface area (Å²) in [5.74, 6) is -1.33. The number of fused-ring (bicyclic) bond motifs is 1. The number of hydrogen-bond donors (Lipinski definition) is 2. The molecule has 0 spiro atoms. The number of anilines is 2. The first-order valence-corrected chi connectivity index (χ1v) is 12.3. The van der Waals surface area contributed by atoms with Gasteiger partial charge in [-0.25, -0.2) is 12.8 Å². The van der Waals surface area contributed by atoms with Crippen molar-refractivity contribution in [2.75, 3.05) is 23.7 Å². The Bertz CT molecular complexity index is 1200. The van der Waals surface area contributed by atoms with Crippen LogP contribution in [-0.2, 0) is 19.6 Å². The summed E-state index contributed by atoms with van der Waals surface area (Å²) in [7, 11) is -3.91. The molecule has 0 unspecified atom stereocenters. The summed E-state index contributed by atoms with van der Waals surface area (Å²) in [5, 5.41) is 5.43. The third-order valence-electron chi connectivity index (χ3n) is 5.93. The minimum Gasteiger partial charge on any atom is -0.478 e. The molecule has 33 heavy (non-hydrogen) atoms. The largest absolute Gasteiger partial charge is 0.478 e. The summed E-state index contributed by atoms with van der Waals surface area (Å²) in [6, 6.07) is 8.60. The number of nitrogens with one attached hydrogen (secondary N) is 2. The SMILES string of the molecule is CC[C@H]1Oc2cc(S(=O)(=O)N3CCC[C@H](C(=O)Nc4cccc(F)c4)C3)c(C)cc2NC1=O. The molecule has 0 aliphatic carbocycles. The number of carbonyl (C=O) groups is 2. The smallest absolute Gasteiger partial charge is 0.265 e. The van der Waals surface area contributed by atoms with Crippen LogP contribution in [0.3, 0.4) is 0 Å². The van der Waals surface area contributed by atoms with Crippen LogP contribution >= 0.6 is 0 Å². The molecule has 0 aromatic heterocycles. The third kappa shape index (κ3) is 4.72. The maximum absolute atomic E-state index is 13.5. The van der Waals surface area contributed by atoms with Gasteiger partial charge >= 0.3 is 0 Å². The van der Waals surface area contributed by atoms with E-state index in [2.05, 4.69) is 10.6 Å². The summed E-state index contributed by atoms with van der Waals surface area (Å²) in [5.41, 5.74) is 1.24. The van der Waals surface area contributed by atoms with Crippen molar-refractivity contribution in [2.45, 2.75) is 44.1 Å². The lowest BCUT2D eigenvalue weighted by molar-refractivity contribution is -0.123. The van der Waals surface area contributed by atoms with Gasteiger partial charge in [-0.05, 0) is 56.0 Å². The zero-order chi connectivity index (χ0) is 23.8. The molecule has 1 fully saturated rings. The number of nitrogens with zero attached hydrogens (tertiary/aromatic N) is 1. The monoisotopic (exact) mass is 475 g/mol. The quantitative estimate of drug-likeness (QED) is 0.691. The van der Waals surface area contributed by atoms with Crippen LogP contribution in [0.4, 0.5) is 15.8 Å². The summed E-state index contributed by atoms with van der Waals surface area (Å²) in [4.78, 5) is 24.9.